The Morgan fingerprint density at radius 2 is 1.13 bits per heavy atom. The molecule has 2 aliphatic rings. The molecule has 1 aromatic heterocycles. The quantitative estimate of drug-likeness (QED) is 0.167. The van der Waals surface area contributed by atoms with Crippen molar-refractivity contribution in [2.45, 2.75) is 84.0 Å². The van der Waals surface area contributed by atoms with Crippen molar-refractivity contribution in [1.82, 2.24) is 15.2 Å². The first-order chi connectivity index (χ1) is 34.2. The molecule has 9 aromatic carbocycles. The first-order valence-corrected chi connectivity index (χ1v) is 25.2. The molecule has 0 saturated carbocycles. The molecule has 0 bridgehead atoms. The molecular formula is C66H61N5. The Labute approximate surface area is 418 Å². The van der Waals surface area contributed by atoms with Gasteiger partial charge >= 0.3 is 0 Å². The lowest BCUT2D eigenvalue weighted by molar-refractivity contribution is 0.408. The molecule has 0 radical (unpaired) electrons. The predicted molar refractivity (Wildman–Crippen MR) is 299 cm³/mol. The zero-order valence-electron chi connectivity index (χ0n) is 42.0. The van der Waals surface area contributed by atoms with E-state index in [0.717, 1.165) is 45.2 Å². The minimum atomic E-state index is -0.403. The minimum absolute atomic E-state index is 0.0341. The Bertz CT molecular complexity index is 3620. The van der Waals surface area contributed by atoms with Crippen molar-refractivity contribution in [3.8, 4) is 16.8 Å². The average Bonchev–Trinajstić information content (AvgIpc) is 3.73. The molecule has 0 amide bonds. The van der Waals surface area contributed by atoms with Crippen molar-refractivity contribution >= 4 is 55.5 Å². The summed E-state index contributed by atoms with van der Waals surface area (Å²) in [5.41, 5.74) is 17.6. The Kier molecular flexibility index (Phi) is 10.5. The van der Waals surface area contributed by atoms with E-state index in [4.69, 9.17) is 4.99 Å². The van der Waals surface area contributed by atoms with Crippen LogP contribution >= 0.6 is 0 Å². The summed E-state index contributed by atoms with van der Waals surface area (Å²) < 4.78 is 2.55. The molecule has 5 nitrogen and oxygen atoms in total. The van der Waals surface area contributed by atoms with Crippen molar-refractivity contribution in [2.24, 2.45) is 4.99 Å². The zero-order chi connectivity index (χ0) is 48.8. The van der Waals surface area contributed by atoms with Gasteiger partial charge < -0.3 is 14.8 Å². The lowest BCUT2D eigenvalue weighted by atomic mass is 9.74. The molecule has 2 aliphatic heterocycles. The van der Waals surface area contributed by atoms with Crippen LogP contribution in [0.3, 0.4) is 0 Å². The van der Waals surface area contributed by atoms with Gasteiger partial charge in [-0.15, -0.1) is 0 Å². The largest absolute Gasteiger partial charge is 0.350 e. The van der Waals surface area contributed by atoms with E-state index in [9.17, 15) is 0 Å². The van der Waals surface area contributed by atoms with Crippen LogP contribution in [0.15, 0.2) is 205 Å². The summed E-state index contributed by atoms with van der Waals surface area (Å²) in [5, 5.41) is 12.7. The van der Waals surface area contributed by atoms with Gasteiger partial charge in [-0.3, -0.25) is 5.32 Å². The van der Waals surface area contributed by atoms with E-state index < -0.39 is 5.41 Å². The van der Waals surface area contributed by atoms with Gasteiger partial charge in [0, 0.05) is 38.8 Å². The van der Waals surface area contributed by atoms with Gasteiger partial charge in [-0.1, -0.05) is 195 Å². The van der Waals surface area contributed by atoms with Gasteiger partial charge in [0.2, 0.25) is 0 Å². The van der Waals surface area contributed by atoms with E-state index in [-0.39, 0.29) is 23.2 Å². The van der Waals surface area contributed by atoms with Crippen LogP contribution in [0.4, 0.5) is 17.1 Å². The molecular weight excluding hydrogens is 863 g/mol. The highest BCUT2D eigenvalue weighted by Gasteiger charge is 2.38. The van der Waals surface area contributed by atoms with Crippen molar-refractivity contribution < 1.29 is 0 Å². The van der Waals surface area contributed by atoms with Gasteiger partial charge in [0.05, 0.1) is 16.7 Å². The lowest BCUT2D eigenvalue weighted by Gasteiger charge is -2.37. The number of nitrogens with zero attached hydrogens (tertiary/aromatic N) is 3. The number of fused-ring (bicyclic) bond motifs is 7. The molecule has 71 heavy (non-hydrogen) atoms. The molecule has 350 valence electrons. The highest BCUT2D eigenvalue weighted by Crippen LogP contribution is 2.52. The second-order valence-electron chi connectivity index (χ2n) is 22.2. The number of hydrogen-bond donors (Lipinski definition) is 2. The van der Waals surface area contributed by atoms with Gasteiger partial charge in [-0.05, 0) is 127 Å². The summed E-state index contributed by atoms with van der Waals surface area (Å²) >= 11 is 0. The summed E-state index contributed by atoms with van der Waals surface area (Å²) in [6.07, 6.45) is -0.484. The third-order valence-corrected chi connectivity index (χ3v) is 15.1. The van der Waals surface area contributed by atoms with Gasteiger partial charge in [0.15, 0.2) is 0 Å². The normalized spacial score (nSPS) is 16.4. The van der Waals surface area contributed by atoms with Crippen LogP contribution in [0.1, 0.15) is 107 Å². The molecule has 2 atom stereocenters. The number of aromatic nitrogens is 1. The third-order valence-electron chi connectivity index (χ3n) is 15.1. The number of hydrogen-bond acceptors (Lipinski definition) is 4. The molecule has 2 N–H and O–H groups in total. The first kappa shape index (κ1) is 44.5. The molecule has 0 saturated heterocycles. The summed E-state index contributed by atoms with van der Waals surface area (Å²) in [5.74, 6) is 0.864. The molecule has 0 aliphatic carbocycles. The van der Waals surface area contributed by atoms with Crippen molar-refractivity contribution in [2.75, 3.05) is 4.90 Å². The summed E-state index contributed by atoms with van der Waals surface area (Å²) in [7, 11) is 0. The molecule has 12 rings (SSSR count). The number of aliphatic imine (C=N–C) groups is 1. The van der Waals surface area contributed by atoms with Crippen LogP contribution in [0.2, 0.25) is 0 Å². The van der Waals surface area contributed by atoms with Gasteiger partial charge in [0.1, 0.15) is 18.2 Å². The van der Waals surface area contributed by atoms with E-state index in [1.807, 2.05) is 0 Å². The maximum absolute atomic E-state index is 5.51. The number of anilines is 3. The Morgan fingerprint density at radius 1 is 0.507 bits per heavy atom. The monoisotopic (exact) mass is 923 g/mol. The molecule has 0 fully saturated rings. The first-order valence-electron chi connectivity index (χ1n) is 25.2. The molecule has 3 heterocycles. The van der Waals surface area contributed by atoms with Crippen molar-refractivity contribution in [1.29, 1.82) is 0 Å². The molecule has 10 aromatic rings. The van der Waals surface area contributed by atoms with E-state index in [1.54, 1.807) is 0 Å². The standard InChI is InChI=1S/C66H61N5/c1-64(2,3)48-28-32-50(33-29-48)70(51-34-30-49(31-35-51)65(4,5)6)52-40-54-59-53-25-16-15-20-43(53)26-37-58(59)71-57-36-27-47(39-55(57)66(7,8)56(41-52)60(54)71)63-68-61(44-21-13-10-14-22-44)67-62(69-63)46-24-17-23-45(38-46)42-18-11-9-12-19-42/h9-41,61,63,68H,1-8H3,(H,67,69). The number of nitrogens with one attached hydrogen (secondary N) is 2. The fraction of sp³-hybridized carbons (Fsp3) is 0.197. The van der Waals surface area contributed by atoms with Crippen LogP contribution in [0.5, 0.6) is 0 Å². The highest BCUT2D eigenvalue weighted by atomic mass is 15.3. The summed E-state index contributed by atoms with van der Waals surface area (Å²) in [4.78, 5) is 7.98. The van der Waals surface area contributed by atoms with Crippen LogP contribution in [0, 0.1) is 0 Å². The van der Waals surface area contributed by atoms with E-state index in [2.05, 4.69) is 276 Å². The molecule has 5 heteroatoms. The fourth-order valence-corrected chi connectivity index (χ4v) is 11.2. The van der Waals surface area contributed by atoms with Crippen molar-refractivity contribution in [3.63, 3.8) is 0 Å². The maximum Gasteiger partial charge on any atom is 0.131 e. The van der Waals surface area contributed by atoms with Crippen LogP contribution < -0.4 is 15.5 Å². The second kappa shape index (κ2) is 16.7. The zero-order valence-corrected chi connectivity index (χ0v) is 42.0. The highest BCUT2D eigenvalue weighted by molar-refractivity contribution is 6.23. The topological polar surface area (TPSA) is 44.6 Å². The number of benzene rings is 9. The second-order valence-corrected chi connectivity index (χ2v) is 22.2. The average molecular weight is 924 g/mol. The fourth-order valence-electron chi connectivity index (χ4n) is 11.2. The number of amidine groups is 1. The number of rotatable bonds is 7. The van der Waals surface area contributed by atoms with Crippen LogP contribution in [-0.2, 0) is 16.2 Å². The van der Waals surface area contributed by atoms with Crippen molar-refractivity contribution in [3.05, 3.63) is 239 Å². The van der Waals surface area contributed by atoms with E-state index in [1.165, 1.54) is 66.1 Å². The van der Waals surface area contributed by atoms with E-state index in [0.29, 0.717) is 0 Å². The van der Waals surface area contributed by atoms with Crippen LogP contribution in [0.25, 0.3) is 49.4 Å². The van der Waals surface area contributed by atoms with Gasteiger partial charge in [-0.2, -0.15) is 0 Å². The lowest BCUT2D eigenvalue weighted by Crippen LogP contribution is -2.45. The van der Waals surface area contributed by atoms with Gasteiger partial charge in [-0.25, -0.2) is 4.99 Å². The minimum Gasteiger partial charge on any atom is -0.350 e. The molecule has 0 spiro atoms. The Morgan fingerprint density at radius 3 is 1.80 bits per heavy atom. The van der Waals surface area contributed by atoms with Gasteiger partial charge in [0.25, 0.3) is 0 Å². The maximum atomic E-state index is 5.51. The predicted octanol–water partition coefficient (Wildman–Crippen LogP) is 16.6. The summed E-state index contributed by atoms with van der Waals surface area (Å²) in [6.45, 7) is 18.5. The molecule has 2 unspecified atom stereocenters. The van der Waals surface area contributed by atoms with E-state index >= 15 is 0 Å². The Balaban J connectivity index is 1.06. The Hall–Kier alpha value is -7.73. The summed E-state index contributed by atoms with van der Waals surface area (Å²) in [6, 6.07) is 74.0. The third kappa shape index (κ3) is 7.71. The smallest absolute Gasteiger partial charge is 0.131 e. The SMILES string of the molecule is CC(C)(C)c1ccc(N(c2ccc(C(C)(C)C)cc2)c2cc3c4c(c2)c2c5ccccc5ccc2n4-c2ccc(C4N=C(c5cccc(-c6ccccc6)c5)NC(c5ccccc5)N4)cc2C3(C)C)cc1. The van der Waals surface area contributed by atoms with Crippen LogP contribution in [-0.4, -0.2) is 10.4 Å².